The minimum Gasteiger partial charge on any atom is -0.383 e. The van der Waals surface area contributed by atoms with Gasteiger partial charge in [-0.15, -0.1) is 0 Å². The number of halogens is 1. The maximum absolute atomic E-state index is 13.3. The highest BCUT2D eigenvalue weighted by Crippen LogP contribution is 2.13. The molecule has 17 heavy (non-hydrogen) atoms. The smallest absolute Gasteiger partial charge is 0.143 e. The summed E-state index contributed by atoms with van der Waals surface area (Å²) in [5, 5.41) is 11.7. The summed E-state index contributed by atoms with van der Waals surface area (Å²) >= 11 is 0. The standard InChI is InChI=1S/C12H11FN4/c13-12-7-11(2-1-10(12)8-14)16-4-6-17-5-3-15-9-17/h1-3,5,7,9,16H,4,6H2. The van der Waals surface area contributed by atoms with Gasteiger partial charge in [0.1, 0.15) is 11.9 Å². The number of anilines is 1. The molecule has 0 unspecified atom stereocenters. The summed E-state index contributed by atoms with van der Waals surface area (Å²) < 4.78 is 15.2. The summed E-state index contributed by atoms with van der Waals surface area (Å²) in [5.41, 5.74) is 0.728. The Hall–Kier alpha value is -2.35. The predicted octanol–water partition coefficient (Wildman–Crippen LogP) is 2.01. The zero-order valence-corrected chi connectivity index (χ0v) is 9.10. The van der Waals surface area contributed by atoms with Gasteiger partial charge in [0.2, 0.25) is 0 Å². The number of nitriles is 1. The molecule has 2 rings (SSSR count). The molecule has 86 valence electrons. The maximum Gasteiger partial charge on any atom is 0.143 e. The van der Waals surface area contributed by atoms with Gasteiger partial charge in [-0.2, -0.15) is 5.26 Å². The quantitative estimate of drug-likeness (QED) is 0.874. The fraction of sp³-hybridized carbons (Fsp3) is 0.167. The molecule has 0 aliphatic carbocycles. The Kier molecular flexibility index (Phi) is 3.36. The van der Waals surface area contributed by atoms with E-state index in [2.05, 4.69) is 10.3 Å². The van der Waals surface area contributed by atoms with E-state index in [1.54, 1.807) is 24.7 Å². The van der Waals surface area contributed by atoms with Gasteiger partial charge in [-0.25, -0.2) is 9.37 Å². The molecule has 1 N–H and O–H groups in total. The second kappa shape index (κ2) is 5.12. The number of rotatable bonds is 4. The maximum atomic E-state index is 13.3. The normalized spacial score (nSPS) is 9.88. The number of nitrogens with zero attached hydrogens (tertiary/aromatic N) is 3. The van der Waals surface area contributed by atoms with E-state index in [4.69, 9.17) is 5.26 Å². The van der Waals surface area contributed by atoms with Gasteiger partial charge in [0.25, 0.3) is 0 Å². The Bertz CT molecular complexity index is 528. The molecule has 1 heterocycles. The fourth-order valence-corrected chi connectivity index (χ4v) is 1.46. The molecule has 0 radical (unpaired) electrons. The van der Waals surface area contributed by atoms with Crippen LogP contribution in [0.4, 0.5) is 10.1 Å². The van der Waals surface area contributed by atoms with Crippen LogP contribution < -0.4 is 5.32 Å². The molecule has 2 aromatic rings. The molecule has 0 spiro atoms. The molecule has 0 amide bonds. The topological polar surface area (TPSA) is 53.6 Å². The first-order valence-corrected chi connectivity index (χ1v) is 5.19. The van der Waals surface area contributed by atoms with Gasteiger partial charge in [-0.05, 0) is 18.2 Å². The lowest BCUT2D eigenvalue weighted by atomic mass is 10.2. The Labute approximate surface area is 98.3 Å². The molecule has 0 aliphatic heterocycles. The van der Waals surface area contributed by atoms with Gasteiger partial charge in [0.15, 0.2) is 0 Å². The third-order valence-electron chi connectivity index (χ3n) is 2.35. The molecule has 1 aromatic carbocycles. The highest BCUT2D eigenvalue weighted by atomic mass is 19.1. The van der Waals surface area contributed by atoms with Crippen molar-refractivity contribution in [3.8, 4) is 6.07 Å². The Morgan fingerprint density at radius 1 is 1.47 bits per heavy atom. The fourth-order valence-electron chi connectivity index (χ4n) is 1.46. The van der Waals surface area contributed by atoms with Crippen LogP contribution in [-0.4, -0.2) is 16.1 Å². The monoisotopic (exact) mass is 230 g/mol. The van der Waals surface area contributed by atoms with Crippen molar-refractivity contribution in [2.24, 2.45) is 0 Å². The third kappa shape index (κ3) is 2.82. The van der Waals surface area contributed by atoms with Crippen LogP contribution in [0.25, 0.3) is 0 Å². The third-order valence-corrected chi connectivity index (χ3v) is 2.35. The molecule has 4 nitrogen and oxygen atoms in total. The molecule has 1 aromatic heterocycles. The molecular formula is C12H11FN4. The average molecular weight is 230 g/mol. The molecule has 0 fully saturated rings. The van der Waals surface area contributed by atoms with E-state index >= 15 is 0 Å². The van der Waals surface area contributed by atoms with Crippen molar-refractivity contribution in [2.45, 2.75) is 6.54 Å². The van der Waals surface area contributed by atoms with Crippen LogP contribution in [0.2, 0.25) is 0 Å². The first kappa shape index (κ1) is 11.1. The average Bonchev–Trinajstić information content (AvgIpc) is 2.82. The minimum atomic E-state index is -0.500. The Balaban J connectivity index is 1.91. The van der Waals surface area contributed by atoms with Crippen molar-refractivity contribution in [1.29, 1.82) is 5.26 Å². The molecule has 0 atom stereocenters. The lowest BCUT2D eigenvalue weighted by Crippen LogP contribution is -2.09. The van der Waals surface area contributed by atoms with Crippen molar-refractivity contribution in [2.75, 3.05) is 11.9 Å². The van der Waals surface area contributed by atoms with E-state index in [1.165, 1.54) is 12.1 Å². The molecule has 0 saturated heterocycles. The zero-order chi connectivity index (χ0) is 12.1. The second-order valence-electron chi connectivity index (χ2n) is 3.53. The molecular weight excluding hydrogens is 219 g/mol. The molecule has 5 heteroatoms. The van der Waals surface area contributed by atoms with Crippen LogP contribution >= 0.6 is 0 Å². The van der Waals surface area contributed by atoms with Crippen molar-refractivity contribution < 1.29 is 4.39 Å². The van der Waals surface area contributed by atoms with E-state index in [1.807, 2.05) is 10.8 Å². The van der Waals surface area contributed by atoms with Crippen LogP contribution in [0.15, 0.2) is 36.9 Å². The summed E-state index contributed by atoms with van der Waals surface area (Å²) in [4.78, 5) is 3.92. The van der Waals surface area contributed by atoms with Crippen LogP contribution in [0.3, 0.4) is 0 Å². The number of benzene rings is 1. The first-order valence-electron chi connectivity index (χ1n) is 5.19. The Morgan fingerprint density at radius 3 is 3.00 bits per heavy atom. The summed E-state index contributed by atoms with van der Waals surface area (Å²) in [6.45, 7) is 1.42. The van der Waals surface area contributed by atoms with Crippen molar-refractivity contribution in [3.05, 3.63) is 48.3 Å². The summed E-state index contributed by atoms with van der Waals surface area (Å²) in [6.07, 6.45) is 5.30. The zero-order valence-electron chi connectivity index (χ0n) is 9.10. The number of aromatic nitrogens is 2. The van der Waals surface area contributed by atoms with Gasteiger partial charge in [0.05, 0.1) is 11.9 Å². The number of nitrogens with one attached hydrogen (secondary N) is 1. The van der Waals surface area contributed by atoms with E-state index in [0.29, 0.717) is 12.2 Å². The van der Waals surface area contributed by atoms with E-state index < -0.39 is 5.82 Å². The minimum absolute atomic E-state index is 0.0603. The highest BCUT2D eigenvalue weighted by molar-refractivity contribution is 5.47. The van der Waals surface area contributed by atoms with Crippen LogP contribution in [0, 0.1) is 17.1 Å². The largest absolute Gasteiger partial charge is 0.383 e. The molecule has 0 saturated carbocycles. The number of imidazole rings is 1. The second-order valence-corrected chi connectivity index (χ2v) is 3.53. The number of hydrogen-bond donors (Lipinski definition) is 1. The van der Waals surface area contributed by atoms with Gasteiger partial charge in [-0.1, -0.05) is 0 Å². The number of hydrogen-bond acceptors (Lipinski definition) is 3. The van der Waals surface area contributed by atoms with E-state index in [-0.39, 0.29) is 5.56 Å². The van der Waals surface area contributed by atoms with Gasteiger partial charge < -0.3 is 9.88 Å². The van der Waals surface area contributed by atoms with E-state index in [9.17, 15) is 4.39 Å². The van der Waals surface area contributed by atoms with Crippen molar-refractivity contribution >= 4 is 5.69 Å². The van der Waals surface area contributed by atoms with Crippen LogP contribution in [0.1, 0.15) is 5.56 Å². The van der Waals surface area contributed by atoms with Gasteiger partial charge in [-0.3, -0.25) is 0 Å². The molecule has 0 aliphatic rings. The summed E-state index contributed by atoms with van der Waals surface area (Å²) in [6, 6.07) is 6.27. The lowest BCUT2D eigenvalue weighted by molar-refractivity contribution is 0.624. The van der Waals surface area contributed by atoms with Gasteiger partial charge in [0, 0.05) is 31.2 Å². The lowest BCUT2D eigenvalue weighted by Gasteiger charge is -2.07. The van der Waals surface area contributed by atoms with Crippen LogP contribution in [-0.2, 0) is 6.54 Å². The van der Waals surface area contributed by atoms with Crippen molar-refractivity contribution in [3.63, 3.8) is 0 Å². The molecule has 0 bridgehead atoms. The summed E-state index contributed by atoms with van der Waals surface area (Å²) in [7, 11) is 0. The first-order chi connectivity index (χ1) is 8.29. The highest BCUT2D eigenvalue weighted by Gasteiger charge is 2.01. The Morgan fingerprint density at radius 2 is 2.35 bits per heavy atom. The predicted molar refractivity (Wildman–Crippen MR) is 61.8 cm³/mol. The van der Waals surface area contributed by atoms with Gasteiger partial charge >= 0.3 is 0 Å². The SMILES string of the molecule is N#Cc1ccc(NCCn2ccnc2)cc1F. The summed E-state index contributed by atoms with van der Waals surface area (Å²) in [5.74, 6) is -0.500. The van der Waals surface area contributed by atoms with E-state index in [0.717, 1.165) is 6.54 Å². The van der Waals surface area contributed by atoms with Crippen LogP contribution in [0.5, 0.6) is 0 Å². The van der Waals surface area contributed by atoms with Crippen molar-refractivity contribution in [1.82, 2.24) is 9.55 Å².